The van der Waals surface area contributed by atoms with E-state index in [-0.39, 0.29) is 6.10 Å². The third kappa shape index (κ3) is 2.92. The molecule has 0 bridgehead atoms. The summed E-state index contributed by atoms with van der Waals surface area (Å²) >= 11 is 2.28. The van der Waals surface area contributed by atoms with Gasteiger partial charge in [-0.25, -0.2) is 0 Å². The van der Waals surface area contributed by atoms with Crippen molar-refractivity contribution < 1.29 is 5.11 Å². The average molecular weight is 317 g/mol. The van der Waals surface area contributed by atoms with Crippen molar-refractivity contribution in [1.82, 2.24) is 5.32 Å². The SMILES string of the molecule is OC(c1ccc(I)cc1)C1CCCNC1. The average Bonchev–Trinajstić information content (AvgIpc) is 2.30. The van der Waals surface area contributed by atoms with Gasteiger partial charge in [0, 0.05) is 16.0 Å². The molecule has 1 aromatic carbocycles. The third-order valence-corrected chi connectivity index (χ3v) is 3.71. The molecule has 0 radical (unpaired) electrons. The molecule has 1 aliphatic rings. The van der Waals surface area contributed by atoms with Crippen LogP contribution < -0.4 is 5.32 Å². The standard InChI is InChI=1S/C12H16INO/c13-11-5-3-9(4-6-11)12(15)10-2-1-7-14-8-10/h3-6,10,12,14-15H,1-2,7-8H2. The molecule has 2 unspecified atom stereocenters. The molecule has 15 heavy (non-hydrogen) atoms. The van der Waals surface area contributed by atoms with E-state index in [1.165, 1.54) is 9.99 Å². The number of halogens is 1. The van der Waals surface area contributed by atoms with Crippen LogP contribution in [0, 0.1) is 9.49 Å². The fourth-order valence-electron chi connectivity index (χ4n) is 2.08. The first-order valence-electron chi connectivity index (χ1n) is 5.41. The molecule has 2 atom stereocenters. The van der Waals surface area contributed by atoms with Crippen LogP contribution in [0.4, 0.5) is 0 Å². The van der Waals surface area contributed by atoms with Gasteiger partial charge in [-0.15, -0.1) is 0 Å². The quantitative estimate of drug-likeness (QED) is 0.821. The van der Waals surface area contributed by atoms with Crippen LogP contribution >= 0.6 is 22.6 Å². The summed E-state index contributed by atoms with van der Waals surface area (Å²) in [7, 11) is 0. The zero-order valence-corrected chi connectivity index (χ0v) is 10.8. The Morgan fingerprint density at radius 2 is 2.07 bits per heavy atom. The minimum Gasteiger partial charge on any atom is -0.388 e. The van der Waals surface area contributed by atoms with Gasteiger partial charge in [0.2, 0.25) is 0 Å². The van der Waals surface area contributed by atoms with Crippen molar-refractivity contribution in [2.24, 2.45) is 5.92 Å². The fourth-order valence-corrected chi connectivity index (χ4v) is 2.44. The number of hydrogen-bond acceptors (Lipinski definition) is 2. The predicted octanol–water partition coefficient (Wildman–Crippen LogP) is 2.32. The first-order valence-corrected chi connectivity index (χ1v) is 6.49. The van der Waals surface area contributed by atoms with E-state index < -0.39 is 0 Å². The Balaban J connectivity index is 2.05. The molecule has 1 aliphatic heterocycles. The van der Waals surface area contributed by atoms with Gasteiger partial charge in [-0.2, -0.15) is 0 Å². The summed E-state index contributed by atoms with van der Waals surface area (Å²) in [6.45, 7) is 2.03. The summed E-state index contributed by atoms with van der Waals surface area (Å²) in [5.74, 6) is 0.374. The van der Waals surface area contributed by atoms with Crippen molar-refractivity contribution in [3.63, 3.8) is 0 Å². The molecule has 0 spiro atoms. The second-order valence-electron chi connectivity index (χ2n) is 4.10. The molecule has 3 heteroatoms. The maximum atomic E-state index is 10.2. The molecule has 2 N–H and O–H groups in total. The number of hydrogen-bond donors (Lipinski definition) is 2. The highest BCUT2D eigenvalue weighted by molar-refractivity contribution is 14.1. The molecule has 0 amide bonds. The Labute approximate surface area is 104 Å². The van der Waals surface area contributed by atoms with E-state index in [4.69, 9.17) is 0 Å². The molecular weight excluding hydrogens is 301 g/mol. The lowest BCUT2D eigenvalue weighted by atomic mass is 9.89. The Morgan fingerprint density at radius 3 is 2.67 bits per heavy atom. The Morgan fingerprint density at radius 1 is 1.33 bits per heavy atom. The van der Waals surface area contributed by atoms with E-state index in [0.29, 0.717) is 5.92 Å². The van der Waals surface area contributed by atoms with Gasteiger partial charge in [-0.05, 0) is 59.7 Å². The predicted molar refractivity (Wildman–Crippen MR) is 69.7 cm³/mol. The highest BCUT2D eigenvalue weighted by Crippen LogP contribution is 2.27. The summed E-state index contributed by atoms with van der Waals surface area (Å²) in [6, 6.07) is 8.16. The largest absolute Gasteiger partial charge is 0.388 e. The number of aliphatic hydroxyl groups is 1. The lowest BCUT2D eigenvalue weighted by Crippen LogP contribution is -2.33. The van der Waals surface area contributed by atoms with Gasteiger partial charge in [0.15, 0.2) is 0 Å². The van der Waals surface area contributed by atoms with Crippen LogP contribution in [0.1, 0.15) is 24.5 Å². The van der Waals surface area contributed by atoms with Gasteiger partial charge >= 0.3 is 0 Å². The monoisotopic (exact) mass is 317 g/mol. The van der Waals surface area contributed by atoms with E-state index >= 15 is 0 Å². The van der Waals surface area contributed by atoms with Crippen molar-refractivity contribution in [2.45, 2.75) is 18.9 Å². The van der Waals surface area contributed by atoms with Crippen LogP contribution in [-0.2, 0) is 0 Å². The Bertz CT molecular complexity index is 306. The van der Waals surface area contributed by atoms with Crippen molar-refractivity contribution in [3.8, 4) is 0 Å². The van der Waals surface area contributed by atoms with Crippen molar-refractivity contribution in [2.75, 3.05) is 13.1 Å². The Hall–Kier alpha value is -0.130. The number of benzene rings is 1. The molecule has 82 valence electrons. The smallest absolute Gasteiger partial charge is 0.0830 e. The van der Waals surface area contributed by atoms with Crippen molar-refractivity contribution in [1.29, 1.82) is 0 Å². The summed E-state index contributed by atoms with van der Waals surface area (Å²) < 4.78 is 1.21. The lowest BCUT2D eigenvalue weighted by molar-refractivity contribution is 0.0921. The third-order valence-electron chi connectivity index (χ3n) is 2.99. The van der Waals surface area contributed by atoms with Gasteiger partial charge in [0.25, 0.3) is 0 Å². The van der Waals surface area contributed by atoms with Gasteiger partial charge in [0.05, 0.1) is 6.10 Å². The minimum atomic E-state index is -0.310. The molecule has 0 aliphatic carbocycles. The summed E-state index contributed by atoms with van der Waals surface area (Å²) in [5.41, 5.74) is 1.05. The van der Waals surface area contributed by atoms with Gasteiger partial charge < -0.3 is 10.4 Å². The zero-order chi connectivity index (χ0) is 10.7. The van der Waals surface area contributed by atoms with Crippen LogP contribution in [0.3, 0.4) is 0 Å². The molecule has 1 fully saturated rings. The van der Waals surface area contributed by atoms with E-state index in [1.54, 1.807) is 0 Å². The lowest BCUT2D eigenvalue weighted by Gasteiger charge is -2.27. The summed E-state index contributed by atoms with van der Waals surface area (Å²) in [6.07, 6.45) is 1.99. The van der Waals surface area contributed by atoms with Crippen molar-refractivity contribution >= 4 is 22.6 Å². The maximum Gasteiger partial charge on any atom is 0.0830 e. The van der Waals surface area contributed by atoms with E-state index in [9.17, 15) is 5.11 Å². The molecule has 0 aromatic heterocycles. The molecule has 1 saturated heterocycles. The van der Waals surface area contributed by atoms with Crippen LogP contribution in [0.25, 0.3) is 0 Å². The summed E-state index contributed by atoms with van der Waals surface area (Å²) in [4.78, 5) is 0. The molecule has 1 aromatic rings. The Kier molecular flexibility index (Phi) is 3.99. The molecule has 0 saturated carbocycles. The summed E-state index contributed by atoms with van der Waals surface area (Å²) in [5, 5.41) is 13.5. The molecular formula is C12H16INO. The highest BCUT2D eigenvalue weighted by atomic mass is 127. The zero-order valence-electron chi connectivity index (χ0n) is 8.62. The normalized spacial score (nSPS) is 23.7. The molecule has 2 rings (SSSR count). The molecule has 1 heterocycles. The number of rotatable bonds is 2. The van der Waals surface area contributed by atoms with Gasteiger partial charge in [-0.3, -0.25) is 0 Å². The van der Waals surface area contributed by atoms with Gasteiger partial charge in [-0.1, -0.05) is 12.1 Å². The molecule has 2 nitrogen and oxygen atoms in total. The number of aliphatic hydroxyl groups excluding tert-OH is 1. The second-order valence-corrected chi connectivity index (χ2v) is 5.35. The van der Waals surface area contributed by atoms with Crippen LogP contribution in [-0.4, -0.2) is 18.2 Å². The van der Waals surface area contributed by atoms with E-state index in [1.807, 2.05) is 12.1 Å². The van der Waals surface area contributed by atoms with Gasteiger partial charge in [0.1, 0.15) is 0 Å². The van der Waals surface area contributed by atoms with E-state index in [0.717, 1.165) is 25.1 Å². The maximum absolute atomic E-state index is 10.2. The number of piperidine rings is 1. The van der Waals surface area contributed by atoms with E-state index in [2.05, 4.69) is 40.0 Å². The first kappa shape index (κ1) is 11.4. The fraction of sp³-hybridized carbons (Fsp3) is 0.500. The highest BCUT2D eigenvalue weighted by Gasteiger charge is 2.22. The van der Waals surface area contributed by atoms with Crippen LogP contribution in [0.2, 0.25) is 0 Å². The first-order chi connectivity index (χ1) is 7.27. The van der Waals surface area contributed by atoms with Crippen molar-refractivity contribution in [3.05, 3.63) is 33.4 Å². The topological polar surface area (TPSA) is 32.3 Å². The van der Waals surface area contributed by atoms with Crippen LogP contribution in [0.15, 0.2) is 24.3 Å². The minimum absolute atomic E-state index is 0.310. The van der Waals surface area contributed by atoms with Crippen LogP contribution in [0.5, 0.6) is 0 Å². The number of nitrogens with one attached hydrogen (secondary N) is 1. The second kappa shape index (κ2) is 5.27.